The van der Waals surface area contributed by atoms with Crippen LogP contribution in [0.25, 0.3) is 0 Å². The summed E-state index contributed by atoms with van der Waals surface area (Å²) in [6.45, 7) is 5.18. The minimum absolute atomic E-state index is 0.266. The third-order valence-corrected chi connectivity index (χ3v) is 5.07. The summed E-state index contributed by atoms with van der Waals surface area (Å²) in [6.07, 6.45) is 3.59. The second-order valence-electron chi connectivity index (χ2n) is 6.99. The van der Waals surface area contributed by atoms with Gasteiger partial charge in [-0.1, -0.05) is 60.2 Å². The van der Waals surface area contributed by atoms with E-state index in [0.717, 1.165) is 38.9 Å². The normalized spacial score (nSPS) is 16.2. The predicted octanol–water partition coefficient (Wildman–Crippen LogP) is 4.41. The maximum absolute atomic E-state index is 12.5. The van der Waals surface area contributed by atoms with Crippen LogP contribution in [0.4, 0.5) is 0 Å². The van der Waals surface area contributed by atoms with Gasteiger partial charge in [0, 0.05) is 18.9 Å². The minimum Gasteiger partial charge on any atom is -0.299 e. The molecule has 0 aromatic heterocycles. The first-order valence-corrected chi connectivity index (χ1v) is 9.05. The largest absolute Gasteiger partial charge is 0.299 e. The zero-order valence-corrected chi connectivity index (χ0v) is 14.6. The van der Waals surface area contributed by atoms with Gasteiger partial charge in [0.25, 0.3) is 0 Å². The summed E-state index contributed by atoms with van der Waals surface area (Å²) in [7, 11) is 0. The average molecular weight is 321 g/mol. The summed E-state index contributed by atoms with van der Waals surface area (Å²) in [5, 5.41) is 0. The third-order valence-electron chi connectivity index (χ3n) is 5.07. The lowest BCUT2D eigenvalue weighted by molar-refractivity contribution is -0.124. The zero-order chi connectivity index (χ0) is 16.8. The summed E-state index contributed by atoms with van der Waals surface area (Å²) in [6, 6.07) is 19.1. The number of carbonyl (C=O) groups excluding carboxylic acids is 1. The smallest absolute Gasteiger partial charge is 0.136 e. The molecule has 0 atom stereocenters. The van der Waals surface area contributed by atoms with Crippen molar-refractivity contribution in [2.24, 2.45) is 5.92 Å². The van der Waals surface area contributed by atoms with E-state index in [1.807, 2.05) is 0 Å². The monoisotopic (exact) mass is 321 g/mol. The number of benzene rings is 2. The van der Waals surface area contributed by atoms with E-state index in [9.17, 15) is 4.79 Å². The van der Waals surface area contributed by atoms with Crippen LogP contribution in [0.5, 0.6) is 0 Å². The fourth-order valence-electron chi connectivity index (χ4n) is 3.48. The highest BCUT2D eigenvalue weighted by atomic mass is 16.1. The molecule has 1 fully saturated rings. The number of Topliss-reactive ketones (excluding diaryl/α,β-unsaturated/α-hetero) is 1. The molecule has 2 aromatic carbocycles. The van der Waals surface area contributed by atoms with Crippen molar-refractivity contribution in [2.45, 2.75) is 39.2 Å². The molecule has 0 saturated carbocycles. The molecule has 126 valence electrons. The Morgan fingerprint density at radius 3 is 2.29 bits per heavy atom. The van der Waals surface area contributed by atoms with Gasteiger partial charge in [-0.05, 0) is 50.4 Å². The zero-order valence-electron chi connectivity index (χ0n) is 14.6. The van der Waals surface area contributed by atoms with Crippen LogP contribution in [0, 0.1) is 12.8 Å². The highest BCUT2D eigenvalue weighted by molar-refractivity contribution is 5.81. The second-order valence-corrected chi connectivity index (χ2v) is 6.99. The van der Waals surface area contributed by atoms with Crippen molar-refractivity contribution in [1.82, 2.24) is 4.90 Å². The molecule has 0 radical (unpaired) electrons. The maximum atomic E-state index is 12.5. The van der Waals surface area contributed by atoms with Crippen molar-refractivity contribution in [2.75, 3.05) is 13.1 Å². The molecule has 0 unspecified atom stereocenters. The fourth-order valence-corrected chi connectivity index (χ4v) is 3.48. The number of ketones is 1. The molecule has 0 aliphatic carbocycles. The summed E-state index contributed by atoms with van der Waals surface area (Å²) in [4.78, 5) is 15.0. The van der Waals surface area contributed by atoms with Gasteiger partial charge in [0.05, 0.1) is 0 Å². The van der Waals surface area contributed by atoms with E-state index < -0.39 is 0 Å². The molecule has 3 rings (SSSR count). The highest BCUT2D eigenvalue weighted by Crippen LogP contribution is 2.21. The van der Waals surface area contributed by atoms with Gasteiger partial charge in [-0.15, -0.1) is 0 Å². The van der Waals surface area contributed by atoms with Crippen molar-refractivity contribution >= 4 is 5.78 Å². The van der Waals surface area contributed by atoms with Gasteiger partial charge >= 0.3 is 0 Å². The highest BCUT2D eigenvalue weighted by Gasteiger charge is 2.24. The Morgan fingerprint density at radius 1 is 0.958 bits per heavy atom. The van der Waals surface area contributed by atoms with E-state index in [0.29, 0.717) is 12.2 Å². The van der Waals surface area contributed by atoms with E-state index in [4.69, 9.17) is 0 Å². The molecule has 1 heterocycles. The summed E-state index contributed by atoms with van der Waals surface area (Å²) < 4.78 is 0. The third kappa shape index (κ3) is 4.78. The molecule has 1 aliphatic heterocycles. The quantitative estimate of drug-likeness (QED) is 0.785. The van der Waals surface area contributed by atoms with Gasteiger partial charge in [0.2, 0.25) is 0 Å². The first-order chi connectivity index (χ1) is 11.7. The van der Waals surface area contributed by atoms with Crippen LogP contribution in [-0.2, 0) is 17.8 Å². The van der Waals surface area contributed by atoms with Gasteiger partial charge < -0.3 is 0 Å². The molecule has 24 heavy (non-hydrogen) atoms. The second kappa shape index (κ2) is 8.25. The van der Waals surface area contributed by atoms with Gasteiger partial charge in [0.1, 0.15) is 5.78 Å². The van der Waals surface area contributed by atoms with Crippen molar-refractivity contribution in [3.8, 4) is 0 Å². The van der Waals surface area contributed by atoms with Crippen LogP contribution < -0.4 is 0 Å². The lowest BCUT2D eigenvalue weighted by Gasteiger charge is -2.31. The van der Waals surface area contributed by atoms with Crippen LogP contribution in [0.3, 0.4) is 0 Å². The topological polar surface area (TPSA) is 20.3 Å². The molecule has 0 N–H and O–H groups in total. The maximum Gasteiger partial charge on any atom is 0.136 e. The number of aryl methyl sites for hydroxylation is 2. The van der Waals surface area contributed by atoms with Crippen molar-refractivity contribution in [1.29, 1.82) is 0 Å². The van der Waals surface area contributed by atoms with Crippen LogP contribution in [0.1, 0.15) is 36.0 Å². The van der Waals surface area contributed by atoms with Gasteiger partial charge in [0.15, 0.2) is 0 Å². The summed E-state index contributed by atoms with van der Waals surface area (Å²) in [5.41, 5.74) is 3.91. The number of hydrogen-bond donors (Lipinski definition) is 0. The Bertz CT molecular complexity index is 639. The first kappa shape index (κ1) is 16.9. The number of piperidine rings is 1. The number of carbonyl (C=O) groups is 1. The van der Waals surface area contributed by atoms with E-state index in [2.05, 4.69) is 66.4 Å². The molecule has 1 aliphatic rings. The Hall–Kier alpha value is -1.93. The molecule has 2 heteroatoms. The molecule has 2 nitrogen and oxygen atoms in total. The van der Waals surface area contributed by atoms with Crippen molar-refractivity contribution in [3.05, 3.63) is 71.3 Å². The van der Waals surface area contributed by atoms with Crippen molar-refractivity contribution < 1.29 is 4.79 Å². The van der Waals surface area contributed by atoms with Crippen molar-refractivity contribution in [3.63, 3.8) is 0 Å². The van der Waals surface area contributed by atoms with Gasteiger partial charge in [-0.2, -0.15) is 0 Å². The number of hydrogen-bond acceptors (Lipinski definition) is 2. The number of nitrogens with zero attached hydrogens (tertiary/aromatic N) is 1. The molecule has 0 amide bonds. The Kier molecular flexibility index (Phi) is 5.81. The Labute approximate surface area is 145 Å². The predicted molar refractivity (Wildman–Crippen MR) is 99.0 cm³/mol. The molecule has 1 saturated heterocycles. The molecule has 2 aromatic rings. The van der Waals surface area contributed by atoms with Crippen LogP contribution in [-0.4, -0.2) is 23.8 Å². The summed E-state index contributed by atoms with van der Waals surface area (Å²) >= 11 is 0. The Morgan fingerprint density at radius 2 is 1.62 bits per heavy atom. The minimum atomic E-state index is 0.266. The van der Waals surface area contributed by atoms with Gasteiger partial charge in [-0.3, -0.25) is 9.69 Å². The van der Waals surface area contributed by atoms with Crippen LogP contribution in [0.2, 0.25) is 0 Å². The van der Waals surface area contributed by atoms with Gasteiger partial charge in [-0.25, -0.2) is 0 Å². The Balaban J connectivity index is 1.42. The van der Waals surface area contributed by atoms with E-state index in [-0.39, 0.29) is 5.92 Å². The first-order valence-electron chi connectivity index (χ1n) is 9.05. The molecule has 0 bridgehead atoms. The van der Waals surface area contributed by atoms with Crippen LogP contribution in [0.15, 0.2) is 54.6 Å². The SMILES string of the molecule is Cc1ccc(CCC(=O)C2CCN(Cc3ccccc3)CC2)cc1. The van der Waals surface area contributed by atoms with E-state index in [1.54, 1.807) is 0 Å². The standard InChI is InChI=1S/C22H27NO/c1-18-7-9-19(10-8-18)11-12-22(24)21-13-15-23(16-14-21)17-20-5-3-2-4-6-20/h2-10,21H,11-17H2,1H3. The average Bonchev–Trinajstić information content (AvgIpc) is 2.62. The lowest BCUT2D eigenvalue weighted by atomic mass is 9.89. The molecular formula is C22H27NO. The number of likely N-dealkylation sites (tertiary alicyclic amines) is 1. The number of rotatable bonds is 6. The summed E-state index contributed by atoms with van der Waals surface area (Å²) in [5.74, 6) is 0.720. The van der Waals surface area contributed by atoms with E-state index in [1.165, 1.54) is 16.7 Å². The molecular weight excluding hydrogens is 294 g/mol. The fraction of sp³-hybridized carbons (Fsp3) is 0.409. The van der Waals surface area contributed by atoms with Crippen LogP contribution >= 0.6 is 0 Å². The lowest BCUT2D eigenvalue weighted by Crippen LogP contribution is -2.36. The molecule has 0 spiro atoms. The van der Waals surface area contributed by atoms with E-state index >= 15 is 0 Å².